The SMILES string of the molecule is Cc1ccc(-c2noc(CN3CCN(C(=O)C=Cc4ccccc4Br)CC3)n2)cc1. The largest absolute Gasteiger partial charge is 0.338 e. The van der Waals surface area contributed by atoms with Crippen LogP contribution in [-0.4, -0.2) is 52.0 Å². The lowest BCUT2D eigenvalue weighted by Gasteiger charge is -2.33. The van der Waals surface area contributed by atoms with Gasteiger partial charge in [-0.15, -0.1) is 0 Å². The maximum atomic E-state index is 12.5. The number of hydrogen-bond donors (Lipinski definition) is 0. The summed E-state index contributed by atoms with van der Waals surface area (Å²) in [5.74, 6) is 1.24. The van der Waals surface area contributed by atoms with E-state index >= 15 is 0 Å². The Labute approximate surface area is 184 Å². The highest BCUT2D eigenvalue weighted by Crippen LogP contribution is 2.19. The molecule has 6 nitrogen and oxygen atoms in total. The van der Waals surface area contributed by atoms with Crippen LogP contribution < -0.4 is 0 Å². The van der Waals surface area contributed by atoms with Crippen LogP contribution in [0.4, 0.5) is 0 Å². The van der Waals surface area contributed by atoms with Gasteiger partial charge >= 0.3 is 0 Å². The number of halogens is 1. The number of amides is 1. The summed E-state index contributed by atoms with van der Waals surface area (Å²) in [6.45, 7) is 5.55. The third kappa shape index (κ3) is 5.04. The summed E-state index contributed by atoms with van der Waals surface area (Å²) in [6.07, 6.45) is 3.49. The van der Waals surface area contributed by atoms with Crippen LogP contribution in [0.1, 0.15) is 17.0 Å². The van der Waals surface area contributed by atoms with Gasteiger partial charge in [-0.3, -0.25) is 9.69 Å². The lowest BCUT2D eigenvalue weighted by atomic mass is 10.1. The fraction of sp³-hybridized carbons (Fsp3) is 0.261. The van der Waals surface area contributed by atoms with Crippen molar-refractivity contribution >= 4 is 27.9 Å². The summed E-state index contributed by atoms with van der Waals surface area (Å²) in [5.41, 5.74) is 3.13. The fourth-order valence-electron chi connectivity index (χ4n) is 3.33. The van der Waals surface area contributed by atoms with Gasteiger partial charge in [-0.05, 0) is 24.6 Å². The highest BCUT2D eigenvalue weighted by molar-refractivity contribution is 9.10. The second kappa shape index (κ2) is 9.36. The number of aryl methyl sites for hydroxylation is 1. The molecule has 1 saturated heterocycles. The first kappa shape index (κ1) is 20.5. The predicted molar refractivity (Wildman–Crippen MR) is 120 cm³/mol. The van der Waals surface area contributed by atoms with Crippen molar-refractivity contribution in [3.8, 4) is 11.4 Å². The number of rotatable bonds is 5. The first-order valence-corrected chi connectivity index (χ1v) is 10.7. The lowest BCUT2D eigenvalue weighted by Crippen LogP contribution is -2.47. The monoisotopic (exact) mass is 466 g/mol. The van der Waals surface area contributed by atoms with Gasteiger partial charge in [0.25, 0.3) is 0 Å². The van der Waals surface area contributed by atoms with E-state index in [2.05, 4.69) is 31.0 Å². The number of piperazine rings is 1. The van der Waals surface area contributed by atoms with E-state index in [1.165, 1.54) is 5.56 Å². The maximum absolute atomic E-state index is 12.5. The zero-order chi connectivity index (χ0) is 20.9. The van der Waals surface area contributed by atoms with Crippen molar-refractivity contribution in [2.45, 2.75) is 13.5 Å². The summed E-state index contributed by atoms with van der Waals surface area (Å²) in [5, 5.41) is 4.09. The van der Waals surface area contributed by atoms with Crippen LogP contribution >= 0.6 is 15.9 Å². The molecule has 7 heteroatoms. The Bertz CT molecular complexity index is 1040. The van der Waals surface area contributed by atoms with Gasteiger partial charge < -0.3 is 9.42 Å². The molecule has 0 aliphatic carbocycles. The molecular formula is C23H23BrN4O2. The van der Waals surface area contributed by atoms with Gasteiger partial charge in [0.05, 0.1) is 6.54 Å². The van der Waals surface area contributed by atoms with E-state index in [0.29, 0.717) is 31.3 Å². The maximum Gasteiger partial charge on any atom is 0.246 e. The number of carbonyl (C=O) groups is 1. The summed E-state index contributed by atoms with van der Waals surface area (Å²) >= 11 is 3.50. The number of benzene rings is 2. The Morgan fingerprint density at radius 3 is 2.57 bits per heavy atom. The van der Waals surface area contributed by atoms with Crippen LogP contribution in [0.25, 0.3) is 17.5 Å². The number of aromatic nitrogens is 2. The zero-order valence-electron chi connectivity index (χ0n) is 16.8. The van der Waals surface area contributed by atoms with Crippen LogP contribution in [0.15, 0.2) is 63.6 Å². The van der Waals surface area contributed by atoms with Crippen molar-refractivity contribution in [3.63, 3.8) is 0 Å². The molecule has 30 heavy (non-hydrogen) atoms. The smallest absolute Gasteiger partial charge is 0.246 e. The Kier molecular flexibility index (Phi) is 6.40. The van der Waals surface area contributed by atoms with E-state index in [9.17, 15) is 4.79 Å². The van der Waals surface area contributed by atoms with Gasteiger partial charge in [0.2, 0.25) is 17.6 Å². The second-order valence-electron chi connectivity index (χ2n) is 7.33. The highest BCUT2D eigenvalue weighted by Gasteiger charge is 2.21. The van der Waals surface area contributed by atoms with Gasteiger partial charge in [-0.1, -0.05) is 69.1 Å². The van der Waals surface area contributed by atoms with Crippen molar-refractivity contribution in [1.29, 1.82) is 0 Å². The standard InChI is InChI=1S/C23H23BrN4O2/c1-17-6-8-19(9-7-17)23-25-21(30-26-23)16-27-12-14-28(15-13-27)22(29)11-10-18-4-2-3-5-20(18)24/h2-11H,12-16H2,1H3. The molecule has 3 aromatic rings. The molecule has 0 atom stereocenters. The van der Waals surface area contributed by atoms with E-state index in [0.717, 1.165) is 28.7 Å². The molecule has 0 spiro atoms. The highest BCUT2D eigenvalue weighted by atomic mass is 79.9. The summed E-state index contributed by atoms with van der Waals surface area (Å²) in [7, 11) is 0. The molecule has 0 saturated carbocycles. The van der Waals surface area contributed by atoms with Gasteiger partial charge in [0, 0.05) is 42.3 Å². The molecule has 1 aliphatic heterocycles. The molecule has 2 heterocycles. The summed E-state index contributed by atoms with van der Waals surface area (Å²) < 4.78 is 6.40. The molecular weight excluding hydrogens is 444 g/mol. The quantitative estimate of drug-likeness (QED) is 0.528. The van der Waals surface area contributed by atoms with Gasteiger partial charge in [0.1, 0.15) is 0 Å². The molecule has 1 aliphatic rings. The van der Waals surface area contributed by atoms with Crippen LogP contribution in [0, 0.1) is 6.92 Å². The molecule has 0 bridgehead atoms. The predicted octanol–water partition coefficient (Wildman–Crippen LogP) is 4.17. The third-order valence-corrected chi connectivity index (χ3v) is 5.85. The normalized spacial score (nSPS) is 15.1. The molecule has 2 aromatic carbocycles. The van der Waals surface area contributed by atoms with Crippen LogP contribution in [0.2, 0.25) is 0 Å². The minimum absolute atomic E-state index is 0.0323. The molecule has 1 amide bonds. The first-order chi connectivity index (χ1) is 14.6. The molecule has 0 radical (unpaired) electrons. The van der Waals surface area contributed by atoms with Crippen LogP contribution in [0.3, 0.4) is 0 Å². The Hall–Kier alpha value is -2.77. The molecule has 154 valence electrons. The minimum Gasteiger partial charge on any atom is -0.338 e. The first-order valence-electron chi connectivity index (χ1n) is 9.92. The van der Waals surface area contributed by atoms with Gasteiger partial charge in [0.15, 0.2) is 0 Å². The molecule has 0 unspecified atom stereocenters. The molecule has 4 rings (SSSR count). The lowest BCUT2D eigenvalue weighted by molar-refractivity contribution is -0.127. The minimum atomic E-state index is 0.0323. The van der Waals surface area contributed by atoms with E-state index < -0.39 is 0 Å². The second-order valence-corrected chi connectivity index (χ2v) is 8.19. The topological polar surface area (TPSA) is 62.5 Å². The van der Waals surface area contributed by atoms with E-state index in [1.54, 1.807) is 6.08 Å². The van der Waals surface area contributed by atoms with Crippen molar-refractivity contribution in [1.82, 2.24) is 19.9 Å². The summed E-state index contributed by atoms with van der Waals surface area (Å²) in [4.78, 5) is 21.1. The molecule has 0 N–H and O–H groups in total. The average Bonchev–Trinajstić information content (AvgIpc) is 3.22. The van der Waals surface area contributed by atoms with Crippen molar-refractivity contribution in [2.24, 2.45) is 0 Å². The molecule has 1 fully saturated rings. The number of carbonyl (C=O) groups excluding carboxylic acids is 1. The molecule has 1 aromatic heterocycles. The van der Waals surface area contributed by atoms with Crippen LogP contribution in [-0.2, 0) is 11.3 Å². The van der Waals surface area contributed by atoms with Crippen molar-refractivity contribution in [2.75, 3.05) is 26.2 Å². The van der Waals surface area contributed by atoms with Gasteiger partial charge in [-0.25, -0.2) is 0 Å². The van der Waals surface area contributed by atoms with E-state index in [4.69, 9.17) is 4.52 Å². The average molecular weight is 467 g/mol. The van der Waals surface area contributed by atoms with Gasteiger partial charge in [-0.2, -0.15) is 4.98 Å². The van der Waals surface area contributed by atoms with E-state index in [-0.39, 0.29) is 5.91 Å². The van der Waals surface area contributed by atoms with Crippen LogP contribution in [0.5, 0.6) is 0 Å². The number of nitrogens with zero attached hydrogens (tertiary/aromatic N) is 4. The van der Waals surface area contributed by atoms with Crippen molar-refractivity contribution < 1.29 is 9.32 Å². The zero-order valence-corrected chi connectivity index (χ0v) is 18.4. The Balaban J connectivity index is 1.29. The third-order valence-electron chi connectivity index (χ3n) is 5.13. The van der Waals surface area contributed by atoms with E-state index in [1.807, 2.05) is 66.4 Å². The van der Waals surface area contributed by atoms with Crippen molar-refractivity contribution in [3.05, 3.63) is 76.1 Å². The number of hydrogen-bond acceptors (Lipinski definition) is 5. The Morgan fingerprint density at radius 2 is 1.83 bits per heavy atom. The fourth-order valence-corrected chi connectivity index (χ4v) is 3.75. The summed E-state index contributed by atoms with van der Waals surface area (Å²) in [6, 6.07) is 15.9. The Morgan fingerprint density at radius 1 is 1.10 bits per heavy atom.